The minimum Gasteiger partial charge on any atom is -0.438 e. The topological polar surface area (TPSA) is 78.2 Å². The van der Waals surface area contributed by atoms with Crippen molar-refractivity contribution in [3.63, 3.8) is 0 Å². The number of hydrogen-bond donors (Lipinski definition) is 0. The SMILES string of the molecule is Cc1cc([N+](=O)[O-])ccc1Oc1ncnc(Cl)c1C. The van der Waals surface area contributed by atoms with Gasteiger partial charge in [0.2, 0.25) is 5.88 Å². The molecule has 1 heterocycles. The highest BCUT2D eigenvalue weighted by Gasteiger charge is 2.12. The molecule has 0 atom stereocenters. The van der Waals surface area contributed by atoms with Gasteiger partial charge in [0.15, 0.2) is 0 Å². The molecule has 0 aliphatic rings. The van der Waals surface area contributed by atoms with Crippen molar-refractivity contribution < 1.29 is 9.66 Å². The van der Waals surface area contributed by atoms with E-state index in [2.05, 4.69) is 9.97 Å². The predicted molar refractivity (Wildman–Crippen MR) is 69.7 cm³/mol. The first-order valence-corrected chi connectivity index (χ1v) is 5.77. The number of nitro groups is 1. The van der Waals surface area contributed by atoms with Gasteiger partial charge in [-0.05, 0) is 25.5 Å². The van der Waals surface area contributed by atoms with Gasteiger partial charge in [0.25, 0.3) is 5.69 Å². The zero-order chi connectivity index (χ0) is 14.0. The van der Waals surface area contributed by atoms with Gasteiger partial charge in [0.1, 0.15) is 17.2 Å². The molecule has 0 saturated heterocycles. The molecule has 0 fully saturated rings. The van der Waals surface area contributed by atoms with E-state index in [1.807, 2.05) is 0 Å². The molecular weight excluding hydrogens is 270 g/mol. The lowest BCUT2D eigenvalue weighted by Crippen LogP contribution is -1.96. The van der Waals surface area contributed by atoms with E-state index >= 15 is 0 Å². The van der Waals surface area contributed by atoms with Gasteiger partial charge in [-0.2, -0.15) is 0 Å². The fraction of sp³-hybridized carbons (Fsp3) is 0.167. The van der Waals surface area contributed by atoms with Crippen molar-refractivity contribution in [3.8, 4) is 11.6 Å². The van der Waals surface area contributed by atoms with Gasteiger partial charge in [0, 0.05) is 17.7 Å². The summed E-state index contributed by atoms with van der Waals surface area (Å²) in [4.78, 5) is 18.0. The molecule has 19 heavy (non-hydrogen) atoms. The van der Waals surface area contributed by atoms with E-state index < -0.39 is 4.92 Å². The predicted octanol–water partition coefficient (Wildman–Crippen LogP) is 3.45. The van der Waals surface area contributed by atoms with E-state index in [0.717, 1.165) is 0 Å². The fourth-order valence-corrected chi connectivity index (χ4v) is 1.61. The van der Waals surface area contributed by atoms with E-state index in [4.69, 9.17) is 16.3 Å². The molecule has 98 valence electrons. The van der Waals surface area contributed by atoms with Crippen LogP contribution in [0.15, 0.2) is 24.5 Å². The van der Waals surface area contributed by atoms with E-state index in [0.29, 0.717) is 27.9 Å². The van der Waals surface area contributed by atoms with Crippen LogP contribution in [0.25, 0.3) is 0 Å². The van der Waals surface area contributed by atoms with Crippen LogP contribution in [0.4, 0.5) is 5.69 Å². The van der Waals surface area contributed by atoms with E-state index in [9.17, 15) is 10.1 Å². The second-order valence-corrected chi connectivity index (χ2v) is 4.26. The summed E-state index contributed by atoms with van der Waals surface area (Å²) >= 11 is 5.87. The quantitative estimate of drug-likeness (QED) is 0.488. The highest BCUT2D eigenvalue weighted by Crippen LogP contribution is 2.30. The van der Waals surface area contributed by atoms with Crippen LogP contribution in [0, 0.1) is 24.0 Å². The van der Waals surface area contributed by atoms with Crippen molar-refractivity contribution >= 4 is 17.3 Å². The average Bonchev–Trinajstić information content (AvgIpc) is 2.37. The van der Waals surface area contributed by atoms with Crippen molar-refractivity contribution in [2.75, 3.05) is 0 Å². The Hall–Kier alpha value is -2.21. The monoisotopic (exact) mass is 279 g/mol. The molecule has 0 aliphatic heterocycles. The summed E-state index contributed by atoms with van der Waals surface area (Å²) in [6.45, 7) is 3.46. The van der Waals surface area contributed by atoms with Gasteiger partial charge in [-0.1, -0.05) is 11.6 Å². The summed E-state index contributed by atoms with van der Waals surface area (Å²) in [6.07, 6.45) is 1.30. The summed E-state index contributed by atoms with van der Waals surface area (Å²) in [6, 6.07) is 4.34. The molecule has 2 aromatic rings. The van der Waals surface area contributed by atoms with Gasteiger partial charge in [-0.15, -0.1) is 0 Å². The largest absolute Gasteiger partial charge is 0.438 e. The summed E-state index contributed by atoms with van der Waals surface area (Å²) in [5.74, 6) is 0.820. The summed E-state index contributed by atoms with van der Waals surface area (Å²) < 4.78 is 5.60. The number of non-ortho nitro benzene ring substituents is 1. The maximum Gasteiger partial charge on any atom is 0.269 e. The molecule has 0 unspecified atom stereocenters. The minimum atomic E-state index is -0.455. The van der Waals surface area contributed by atoms with Crippen LogP contribution in [0.2, 0.25) is 5.15 Å². The highest BCUT2D eigenvalue weighted by atomic mass is 35.5. The number of benzene rings is 1. The third kappa shape index (κ3) is 2.79. The second-order valence-electron chi connectivity index (χ2n) is 3.90. The van der Waals surface area contributed by atoms with Gasteiger partial charge in [0.05, 0.1) is 4.92 Å². The molecule has 0 radical (unpaired) electrons. The zero-order valence-electron chi connectivity index (χ0n) is 10.3. The van der Waals surface area contributed by atoms with Crippen LogP contribution < -0.4 is 4.74 Å². The van der Waals surface area contributed by atoms with E-state index in [1.165, 1.54) is 24.5 Å². The molecule has 7 heteroatoms. The third-order valence-electron chi connectivity index (χ3n) is 2.55. The number of hydrogen-bond acceptors (Lipinski definition) is 5. The van der Waals surface area contributed by atoms with E-state index in [1.54, 1.807) is 13.8 Å². The Labute approximate surface area is 114 Å². The van der Waals surface area contributed by atoms with Crippen LogP contribution in [-0.2, 0) is 0 Å². The maximum absolute atomic E-state index is 10.6. The van der Waals surface area contributed by atoms with Gasteiger partial charge < -0.3 is 4.74 Å². The first-order valence-electron chi connectivity index (χ1n) is 5.39. The summed E-state index contributed by atoms with van der Waals surface area (Å²) in [5, 5.41) is 11.0. The number of rotatable bonds is 3. The zero-order valence-corrected chi connectivity index (χ0v) is 11.0. The number of nitro benzene ring substituents is 1. The molecule has 6 nitrogen and oxygen atoms in total. The van der Waals surface area contributed by atoms with E-state index in [-0.39, 0.29) is 5.69 Å². The highest BCUT2D eigenvalue weighted by molar-refractivity contribution is 6.30. The van der Waals surface area contributed by atoms with Crippen LogP contribution >= 0.6 is 11.6 Å². The van der Waals surface area contributed by atoms with Gasteiger partial charge in [-0.3, -0.25) is 10.1 Å². The number of nitrogens with zero attached hydrogens (tertiary/aromatic N) is 3. The van der Waals surface area contributed by atoms with Crippen molar-refractivity contribution in [1.82, 2.24) is 9.97 Å². The lowest BCUT2D eigenvalue weighted by atomic mass is 10.2. The Bertz CT molecular complexity index is 646. The Balaban J connectivity index is 2.34. The van der Waals surface area contributed by atoms with Crippen molar-refractivity contribution in [2.24, 2.45) is 0 Å². The lowest BCUT2D eigenvalue weighted by Gasteiger charge is -2.09. The lowest BCUT2D eigenvalue weighted by molar-refractivity contribution is -0.384. The molecular formula is C12H10ClN3O3. The first-order chi connectivity index (χ1) is 8.99. The molecule has 1 aromatic heterocycles. The van der Waals surface area contributed by atoms with Gasteiger partial charge >= 0.3 is 0 Å². The molecule has 0 aliphatic carbocycles. The van der Waals surface area contributed by atoms with Crippen LogP contribution in [0.3, 0.4) is 0 Å². The summed E-state index contributed by atoms with van der Waals surface area (Å²) in [7, 11) is 0. The molecule has 0 bridgehead atoms. The number of ether oxygens (including phenoxy) is 1. The molecule has 0 spiro atoms. The smallest absolute Gasteiger partial charge is 0.269 e. The maximum atomic E-state index is 10.6. The molecule has 0 amide bonds. The molecule has 1 aromatic carbocycles. The molecule has 0 saturated carbocycles. The Morgan fingerprint density at radius 1 is 1.32 bits per heavy atom. The Kier molecular flexibility index (Phi) is 3.62. The van der Waals surface area contributed by atoms with Crippen LogP contribution in [0.5, 0.6) is 11.6 Å². The minimum absolute atomic E-state index is 0.0160. The first kappa shape index (κ1) is 13.2. The van der Waals surface area contributed by atoms with Crippen molar-refractivity contribution in [1.29, 1.82) is 0 Å². The fourth-order valence-electron chi connectivity index (χ4n) is 1.48. The average molecular weight is 280 g/mol. The van der Waals surface area contributed by atoms with Crippen LogP contribution in [-0.4, -0.2) is 14.9 Å². The number of aromatic nitrogens is 2. The summed E-state index contributed by atoms with van der Waals surface area (Å²) in [5.41, 5.74) is 1.27. The molecule has 2 rings (SSSR count). The van der Waals surface area contributed by atoms with Crippen molar-refractivity contribution in [3.05, 3.63) is 50.9 Å². The van der Waals surface area contributed by atoms with Gasteiger partial charge in [-0.25, -0.2) is 9.97 Å². The standard InChI is InChI=1S/C12H10ClN3O3/c1-7-5-9(16(17)18)3-4-10(7)19-12-8(2)11(13)14-6-15-12/h3-6H,1-2H3. The second kappa shape index (κ2) is 5.19. The van der Waals surface area contributed by atoms with Crippen molar-refractivity contribution in [2.45, 2.75) is 13.8 Å². The Morgan fingerprint density at radius 3 is 2.68 bits per heavy atom. The number of aryl methyl sites for hydroxylation is 1. The Morgan fingerprint density at radius 2 is 2.05 bits per heavy atom. The normalized spacial score (nSPS) is 10.3. The van der Waals surface area contributed by atoms with Crippen LogP contribution in [0.1, 0.15) is 11.1 Å². The third-order valence-corrected chi connectivity index (χ3v) is 2.93. The number of halogens is 1. The molecule has 0 N–H and O–H groups in total.